The number of benzene rings is 3. The van der Waals surface area contributed by atoms with E-state index < -0.39 is 0 Å². The summed E-state index contributed by atoms with van der Waals surface area (Å²) in [5.41, 5.74) is 4.50. The fraction of sp³-hybridized carbons (Fsp3) is 0.0476. The summed E-state index contributed by atoms with van der Waals surface area (Å²) in [6.07, 6.45) is 1.44. The van der Waals surface area contributed by atoms with Crippen LogP contribution in [0.3, 0.4) is 0 Å². The van der Waals surface area contributed by atoms with E-state index in [-0.39, 0.29) is 5.91 Å². The number of nitrogens with zero attached hydrogens (tertiary/aromatic N) is 1. The SMILES string of the molecule is O=C(N/N=C/c1cccc(Cl)c1Cl)c1ccccc1OCc1ccccc1. The normalized spacial score (nSPS) is 10.7. The zero-order valence-corrected chi connectivity index (χ0v) is 15.7. The molecule has 0 heterocycles. The van der Waals surface area contributed by atoms with Crippen LogP contribution < -0.4 is 10.2 Å². The highest BCUT2D eigenvalue weighted by Gasteiger charge is 2.11. The number of ether oxygens (including phenoxy) is 1. The summed E-state index contributed by atoms with van der Waals surface area (Å²) in [6, 6.07) is 21.9. The molecule has 0 aliphatic rings. The topological polar surface area (TPSA) is 50.7 Å². The number of hydrogen-bond donors (Lipinski definition) is 1. The number of carbonyl (C=O) groups is 1. The maximum Gasteiger partial charge on any atom is 0.275 e. The molecule has 0 fully saturated rings. The van der Waals surface area contributed by atoms with Crippen LogP contribution in [0.15, 0.2) is 77.9 Å². The molecule has 0 unspecified atom stereocenters. The highest BCUT2D eigenvalue weighted by molar-refractivity contribution is 6.43. The molecular weight excluding hydrogens is 383 g/mol. The molecule has 3 aromatic rings. The maximum atomic E-state index is 12.5. The van der Waals surface area contributed by atoms with Crippen LogP contribution in [0.1, 0.15) is 21.5 Å². The molecule has 4 nitrogen and oxygen atoms in total. The average molecular weight is 399 g/mol. The van der Waals surface area contributed by atoms with Gasteiger partial charge >= 0.3 is 0 Å². The van der Waals surface area contributed by atoms with Gasteiger partial charge in [-0.3, -0.25) is 4.79 Å². The fourth-order valence-corrected chi connectivity index (χ4v) is 2.71. The second-order valence-electron chi connectivity index (χ2n) is 5.61. The molecule has 1 amide bonds. The molecule has 0 aliphatic carbocycles. The quantitative estimate of drug-likeness (QED) is 0.450. The Labute approximate surface area is 167 Å². The Hall–Kier alpha value is -2.82. The van der Waals surface area contributed by atoms with Crippen LogP contribution in [0.2, 0.25) is 10.0 Å². The first-order valence-corrected chi connectivity index (χ1v) is 8.94. The molecule has 0 saturated heterocycles. The Balaban J connectivity index is 1.68. The minimum Gasteiger partial charge on any atom is -0.488 e. The number of hydrogen-bond acceptors (Lipinski definition) is 3. The molecule has 3 aromatic carbocycles. The molecule has 3 rings (SSSR count). The summed E-state index contributed by atoms with van der Waals surface area (Å²) < 4.78 is 5.79. The van der Waals surface area contributed by atoms with E-state index in [0.29, 0.717) is 33.5 Å². The van der Waals surface area contributed by atoms with Crippen LogP contribution in [-0.2, 0) is 6.61 Å². The number of carbonyl (C=O) groups excluding carboxylic acids is 1. The first-order chi connectivity index (χ1) is 13.1. The zero-order valence-electron chi connectivity index (χ0n) is 14.2. The van der Waals surface area contributed by atoms with Gasteiger partial charge in [-0.25, -0.2) is 5.43 Å². The van der Waals surface area contributed by atoms with Crippen molar-refractivity contribution in [2.45, 2.75) is 6.61 Å². The van der Waals surface area contributed by atoms with Gasteiger partial charge in [0.1, 0.15) is 12.4 Å². The molecule has 0 spiro atoms. The van der Waals surface area contributed by atoms with Crippen molar-refractivity contribution in [3.63, 3.8) is 0 Å². The van der Waals surface area contributed by atoms with Gasteiger partial charge < -0.3 is 4.74 Å². The molecule has 136 valence electrons. The van der Waals surface area contributed by atoms with E-state index in [0.717, 1.165) is 5.56 Å². The van der Waals surface area contributed by atoms with Crippen molar-refractivity contribution in [1.29, 1.82) is 0 Å². The standard InChI is InChI=1S/C21H16Cl2N2O2/c22-18-11-6-9-16(20(18)23)13-24-25-21(26)17-10-4-5-12-19(17)27-14-15-7-2-1-3-8-15/h1-13H,14H2,(H,25,26)/b24-13+. The second-order valence-corrected chi connectivity index (χ2v) is 6.40. The van der Waals surface area contributed by atoms with Crippen LogP contribution >= 0.6 is 23.2 Å². The van der Waals surface area contributed by atoms with Gasteiger partial charge in [0.05, 0.1) is 21.8 Å². The lowest BCUT2D eigenvalue weighted by molar-refractivity contribution is 0.0950. The maximum absolute atomic E-state index is 12.5. The number of rotatable bonds is 6. The molecule has 0 bridgehead atoms. The van der Waals surface area contributed by atoms with E-state index in [9.17, 15) is 4.79 Å². The van der Waals surface area contributed by atoms with Gasteiger partial charge in [0.15, 0.2) is 0 Å². The largest absolute Gasteiger partial charge is 0.488 e. The monoisotopic (exact) mass is 398 g/mol. The summed E-state index contributed by atoms with van der Waals surface area (Å²) in [7, 11) is 0. The van der Waals surface area contributed by atoms with Gasteiger partial charge in [-0.05, 0) is 23.8 Å². The van der Waals surface area contributed by atoms with Crippen molar-refractivity contribution in [2.75, 3.05) is 0 Å². The third-order valence-corrected chi connectivity index (χ3v) is 4.55. The minimum absolute atomic E-state index is 0.368. The van der Waals surface area contributed by atoms with E-state index in [2.05, 4.69) is 10.5 Å². The molecule has 27 heavy (non-hydrogen) atoms. The lowest BCUT2D eigenvalue weighted by atomic mass is 10.2. The third-order valence-electron chi connectivity index (χ3n) is 3.72. The first kappa shape index (κ1) is 19.0. The van der Waals surface area contributed by atoms with E-state index in [1.165, 1.54) is 6.21 Å². The highest BCUT2D eigenvalue weighted by Crippen LogP contribution is 2.24. The van der Waals surface area contributed by atoms with Crippen molar-refractivity contribution in [2.24, 2.45) is 5.10 Å². The molecule has 6 heteroatoms. The Morgan fingerprint density at radius 1 is 0.963 bits per heavy atom. The minimum atomic E-state index is -0.381. The lowest BCUT2D eigenvalue weighted by Gasteiger charge is -2.10. The number of hydrazone groups is 1. The molecule has 1 N–H and O–H groups in total. The summed E-state index contributed by atoms with van der Waals surface area (Å²) in [4.78, 5) is 12.5. The summed E-state index contributed by atoms with van der Waals surface area (Å²) >= 11 is 12.1. The zero-order chi connectivity index (χ0) is 19.1. The lowest BCUT2D eigenvalue weighted by Crippen LogP contribution is -2.18. The predicted molar refractivity (Wildman–Crippen MR) is 109 cm³/mol. The smallest absolute Gasteiger partial charge is 0.275 e. The second kappa shape index (κ2) is 9.21. The van der Waals surface area contributed by atoms with Crippen molar-refractivity contribution in [1.82, 2.24) is 5.43 Å². The molecule has 0 saturated carbocycles. The van der Waals surface area contributed by atoms with Crippen molar-refractivity contribution < 1.29 is 9.53 Å². The van der Waals surface area contributed by atoms with Gasteiger partial charge in [-0.2, -0.15) is 5.10 Å². The Kier molecular flexibility index (Phi) is 6.47. The van der Waals surface area contributed by atoms with Gasteiger partial charge in [0, 0.05) is 5.56 Å². The number of amides is 1. The van der Waals surface area contributed by atoms with Gasteiger partial charge in [-0.15, -0.1) is 0 Å². The van der Waals surface area contributed by atoms with E-state index in [1.54, 1.807) is 36.4 Å². The number of halogens is 2. The molecular formula is C21H16Cl2N2O2. The van der Waals surface area contributed by atoms with Crippen molar-refractivity contribution in [3.8, 4) is 5.75 Å². The third kappa shape index (κ3) is 5.09. The molecule has 0 radical (unpaired) electrons. The Morgan fingerprint density at radius 2 is 1.70 bits per heavy atom. The van der Waals surface area contributed by atoms with Crippen LogP contribution in [-0.4, -0.2) is 12.1 Å². The van der Waals surface area contributed by atoms with Crippen LogP contribution in [0.25, 0.3) is 0 Å². The van der Waals surface area contributed by atoms with E-state index >= 15 is 0 Å². The average Bonchev–Trinajstić information content (AvgIpc) is 2.70. The van der Waals surface area contributed by atoms with Crippen molar-refractivity contribution in [3.05, 3.63) is 99.5 Å². The van der Waals surface area contributed by atoms with Gasteiger partial charge in [0.25, 0.3) is 5.91 Å². The number of nitrogens with one attached hydrogen (secondary N) is 1. The Morgan fingerprint density at radius 3 is 2.52 bits per heavy atom. The van der Waals surface area contributed by atoms with Crippen molar-refractivity contribution >= 4 is 35.3 Å². The first-order valence-electron chi connectivity index (χ1n) is 8.18. The van der Waals surface area contributed by atoms with E-state index in [4.69, 9.17) is 27.9 Å². The summed E-state index contributed by atoms with van der Waals surface area (Å²) in [6.45, 7) is 0.368. The number of para-hydroxylation sites is 1. The summed E-state index contributed by atoms with van der Waals surface area (Å²) in [5.74, 6) is 0.0999. The molecule has 0 atom stereocenters. The molecule has 0 aromatic heterocycles. The van der Waals surface area contributed by atoms with Gasteiger partial charge in [0.2, 0.25) is 0 Å². The summed E-state index contributed by atoms with van der Waals surface area (Å²) in [5, 5.41) is 4.76. The molecule has 0 aliphatic heterocycles. The van der Waals surface area contributed by atoms with Gasteiger partial charge in [-0.1, -0.05) is 77.8 Å². The van der Waals surface area contributed by atoms with Crippen LogP contribution in [0, 0.1) is 0 Å². The van der Waals surface area contributed by atoms with E-state index in [1.807, 2.05) is 36.4 Å². The predicted octanol–water partition coefficient (Wildman–Crippen LogP) is 5.34. The fourth-order valence-electron chi connectivity index (χ4n) is 2.36. The van der Waals surface area contributed by atoms with Crippen LogP contribution in [0.5, 0.6) is 5.75 Å². The Bertz CT molecular complexity index is 959. The van der Waals surface area contributed by atoms with Crippen LogP contribution in [0.4, 0.5) is 0 Å². The highest BCUT2D eigenvalue weighted by atomic mass is 35.5.